The Labute approximate surface area is 98.7 Å². The van der Waals surface area contributed by atoms with Crippen LogP contribution >= 0.6 is 0 Å². The lowest BCUT2D eigenvalue weighted by Crippen LogP contribution is -2.37. The predicted octanol–water partition coefficient (Wildman–Crippen LogP) is 2.20. The number of rotatable bonds is 5. The Morgan fingerprint density at radius 2 is 1.88 bits per heavy atom. The van der Waals surface area contributed by atoms with E-state index < -0.39 is 0 Å². The van der Waals surface area contributed by atoms with E-state index >= 15 is 0 Å². The fourth-order valence-corrected chi connectivity index (χ4v) is 3.21. The summed E-state index contributed by atoms with van der Waals surface area (Å²) >= 11 is 0. The van der Waals surface area contributed by atoms with Gasteiger partial charge < -0.3 is 10.5 Å². The lowest BCUT2D eigenvalue weighted by molar-refractivity contribution is -0.154. The van der Waals surface area contributed by atoms with E-state index in [-0.39, 0.29) is 22.7 Å². The van der Waals surface area contributed by atoms with Crippen LogP contribution in [-0.2, 0) is 9.53 Å². The lowest BCUT2D eigenvalue weighted by atomic mass is 9.77. The highest BCUT2D eigenvalue weighted by molar-refractivity contribution is 5.82. The highest BCUT2D eigenvalue weighted by atomic mass is 16.5. The van der Waals surface area contributed by atoms with E-state index in [1.165, 1.54) is 0 Å². The minimum Gasteiger partial charge on any atom is -0.466 e. The number of hydrogen-bond donors (Lipinski definition) is 1. The molecule has 2 atom stereocenters. The zero-order valence-corrected chi connectivity index (χ0v) is 11.2. The largest absolute Gasteiger partial charge is 0.466 e. The van der Waals surface area contributed by atoms with Gasteiger partial charge in [0.2, 0.25) is 0 Å². The molecule has 1 rings (SSSR count). The minimum atomic E-state index is -0.341. The molecule has 94 valence electrons. The summed E-state index contributed by atoms with van der Waals surface area (Å²) in [4.78, 5) is 12.2. The molecule has 0 bridgehead atoms. The average molecular weight is 227 g/mol. The van der Waals surface area contributed by atoms with Gasteiger partial charge in [0.1, 0.15) is 0 Å². The van der Waals surface area contributed by atoms with Crippen molar-refractivity contribution in [3.63, 3.8) is 0 Å². The molecular weight excluding hydrogens is 202 g/mol. The smallest absolute Gasteiger partial charge is 0.312 e. The van der Waals surface area contributed by atoms with Crippen molar-refractivity contribution in [1.82, 2.24) is 0 Å². The second-order valence-electron chi connectivity index (χ2n) is 5.54. The van der Waals surface area contributed by atoms with Gasteiger partial charge in [0.15, 0.2) is 0 Å². The van der Waals surface area contributed by atoms with Crippen LogP contribution in [0.1, 0.15) is 41.0 Å². The normalized spacial score (nSPS) is 33.2. The highest BCUT2D eigenvalue weighted by Crippen LogP contribution is 2.71. The van der Waals surface area contributed by atoms with Crippen LogP contribution in [0.15, 0.2) is 0 Å². The van der Waals surface area contributed by atoms with Crippen molar-refractivity contribution >= 4 is 5.97 Å². The molecule has 2 N–H and O–H groups in total. The first-order valence-corrected chi connectivity index (χ1v) is 6.26. The third-order valence-corrected chi connectivity index (χ3v) is 4.45. The number of carbonyl (C=O) groups excluding carboxylic acids is 1. The molecule has 0 aliphatic heterocycles. The van der Waals surface area contributed by atoms with Gasteiger partial charge in [0, 0.05) is 5.41 Å². The molecule has 0 heterocycles. The van der Waals surface area contributed by atoms with Gasteiger partial charge in [0.25, 0.3) is 0 Å². The predicted molar refractivity (Wildman–Crippen MR) is 64.8 cm³/mol. The monoisotopic (exact) mass is 227 g/mol. The topological polar surface area (TPSA) is 52.3 Å². The van der Waals surface area contributed by atoms with Crippen LogP contribution in [0, 0.1) is 22.7 Å². The molecule has 0 spiro atoms. The fraction of sp³-hybridized carbons (Fsp3) is 0.923. The van der Waals surface area contributed by atoms with Gasteiger partial charge in [-0.15, -0.1) is 0 Å². The van der Waals surface area contributed by atoms with Gasteiger partial charge in [-0.25, -0.2) is 0 Å². The molecule has 3 heteroatoms. The Morgan fingerprint density at radius 3 is 2.12 bits per heavy atom. The maximum Gasteiger partial charge on any atom is 0.312 e. The fourth-order valence-electron chi connectivity index (χ4n) is 3.21. The van der Waals surface area contributed by atoms with E-state index in [0.717, 1.165) is 6.42 Å². The minimum absolute atomic E-state index is 0.0482. The number of ether oxygens (including phenoxy) is 1. The van der Waals surface area contributed by atoms with E-state index in [9.17, 15) is 4.79 Å². The van der Waals surface area contributed by atoms with Gasteiger partial charge in [-0.1, -0.05) is 27.7 Å². The standard InChI is InChI=1S/C13H25NO2/c1-6-16-11(15)13(10(4)5)7-12(13,8-14)9(2)3/h9-10H,6-8,14H2,1-5H3. The Morgan fingerprint density at radius 1 is 1.31 bits per heavy atom. The first kappa shape index (κ1) is 13.5. The van der Waals surface area contributed by atoms with Crippen LogP contribution in [0.3, 0.4) is 0 Å². The third kappa shape index (κ3) is 1.56. The summed E-state index contributed by atoms with van der Waals surface area (Å²) < 4.78 is 5.24. The van der Waals surface area contributed by atoms with E-state index in [0.29, 0.717) is 19.1 Å². The van der Waals surface area contributed by atoms with Gasteiger partial charge in [-0.05, 0) is 31.7 Å². The van der Waals surface area contributed by atoms with E-state index in [1.807, 2.05) is 6.92 Å². The molecule has 0 saturated heterocycles. The van der Waals surface area contributed by atoms with Crippen molar-refractivity contribution in [2.75, 3.05) is 13.2 Å². The molecule has 0 radical (unpaired) electrons. The molecule has 3 nitrogen and oxygen atoms in total. The van der Waals surface area contributed by atoms with E-state index in [4.69, 9.17) is 10.5 Å². The quantitative estimate of drug-likeness (QED) is 0.732. The maximum atomic E-state index is 12.2. The second-order valence-corrected chi connectivity index (χ2v) is 5.54. The average Bonchev–Trinajstić information content (AvgIpc) is 2.90. The van der Waals surface area contributed by atoms with E-state index in [2.05, 4.69) is 27.7 Å². The molecule has 2 unspecified atom stereocenters. The van der Waals surface area contributed by atoms with Crippen molar-refractivity contribution in [2.45, 2.75) is 41.0 Å². The number of esters is 1. The van der Waals surface area contributed by atoms with Gasteiger partial charge in [-0.3, -0.25) is 4.79 Å². The van der Waals surface area contributed by atoms with Crippen molar-refractivity contribution in [3.05, 3.63) is 0 Å². The van der Waals surface area contributed by atoms with Gasteiger partial charge >= 0.3 is 5.97 Å². The zero-order chi connectivity index (χ0) is 12.6. The third-order valence-electron chi connectivity index (χ3n) is 4.45. The zero-order valence-electron chi connectivity index (χ0n) is 11.2. The van der Waals surface area contributed by atoms with Crippen LogP contribution in [0.25, 0.3) is 0 Å². The molecular formula is C13H25NO2. The summed E-state index contributed by atoms with van der Waals surface area (Å²) in [5.74, 6) is 0.658. The second kappa shape index (κ2) is 4.36. The molecule has 0 amide bonds. The van der Waals surface area contributed by atoms with E-state index in [1.54, 1.807) is 0 Å². The van der Waals surface area contributed by atoms with Crippen molar-refractivity contribution in [3.8, 4) is 0 Å². The summed E-state index contributed by atoms with van der Waals surface area (Å²) in [5.41, 5.74) is 5.52. The summed E-state index contributed by atoms with van der Waals surface area (Å²) in [6, 6.07) is 0. The van der Waals surface area contributed by atoms with Crippen molar-refractivity contribution in [1.29, 1.82) is 0 Å². The van der Waals surface area contributed by atoms with Crippen LogP contribution in [0.2, 0.25) is 0 Å². The Balaban J connectivity index is 3.00. The van der Waals surface area contributed by atoms with Crippen LogP contribution in [0.5, 0.6) is 0 Å². The molecule has 1 saturated carbocycles. The summed E-state index contributed by atoms with van der Waals surface area (Å²) in [5, 5.41) is 0. The Hall–Kier alpha value is -0.570. The Bertz CT molecular complexity index is 275. The summed E-state index contributed by atoms with van der Waals surface area (Å²) in [7, 11) is 0. The molecule has 0 aromatic rings. The molecule has 1 aliphatic carbocycles. The Kier molecular flexibility index (Phi) is 3.68. The summed E-state index contributed by atoms with van der Waals surface area (Å²) in [6.45, 7) is 11.4. The molecule has 1 aliphatic rings. The molecule has 1 fully saturated rings. The first-order valence-electron chi connectivity index (χ1n) is 6.26. The SMILES string of the molecule is CCOC(=O)C1(C(C)C)CC1(CN)C(C)C. The lowest BCUT2D eigenvalue weighted by Gasteiger charge is -2.29. The van der Waals surface area contributed by atoms with Crippen LogP contribution < -0.4 is 5.73 Å². The maximum absolute atomic E-state index is 12.2. The van der Waals surface area contributed by atoms with Crippen LogP contribution in [0.4, 0.5) is 0 Å². The number of carbonyl (C=O) groups is 1. The van der Waals surface area contributed by atoms with Crippen LogP contribution in [-0.4, -0.2) is 19.1 Å². The summed E-state index contributed by atoms with van der Waals surface area (Å²) in [6.07, 6.45) is 0.880. The van der Waals surface area contributed by atoms with Crippen molar-refractivity contribution < 1.29 is 9.53 Å². The van der Waals surface area contributed by atoms with Gasteiger partial charge in [-0.2, -0.15) is 0 Å². The number of hydrogen-bond acceptors (Lipinski definition) is 3. The molecule has 16 heavy (non-hydrogen) atoms. The van der Waals surface area contributed by atoms with Gasteiger partial charge in [0.05, 0.1) is 12.0 Å². The number of nitrogens with two attached hydrogens (primary N) is 1. The molecule has 0 aromatic heterocycles. The van der Waals surface area contributed by atoms with Crippen molar-refractivity contribution in [2.24, 2.45) is 28.4 Å². The highest BCUT2D eigenvalue weighted by Gasteiger charge is 2.74. The molecule has 0 aromatic carbocycles. The first-order chi connectivity index (χ1) is 7.39.